The molecule has 886 valence electrons. The van der Waals surface area contributed by atoms with Crippen molar-refractivity contribution in [3.05, 3.63) is 0 Å². The van der Waals surface area contributed by atoms with Crippen molar-refractivity contribution in [2.45, 2.75) is 405 Å². The summed E-state index contributed by atoms with van der Waals surface area (Å²) in [5.41, 5.74) is 32.9. The summed E-state index contributed by atoms with van der Waals surface area (Å²) in [5, 5.41) is 68.7. The van der Waals surface area contributed by atoms with E-state index in [1.165, 1.54) is 301 Å². The summed E-state index contributed by atoms with van der Waals surface area (Å²) in [7, 11) is 54.4. The van der Waals surface area contributed by atoms with Gasteiger partial charge in [-0.3, -0.25) is 33.6 Å². The van der Waals surface area contributed by atoms with E-state index in [-0.39, 0.29) is 11.8 Å². The number of unbranched alkanes of at least 4 members (excludes halogenated alkanes) is 10. The highest BCUT2D eigenvalue weighted by Gasteiger charge is 2.30. The van der Waals surface area contributed by atoms with E-state index in [0.29, 0.717) is 95.9 Å². The number of hydrogen-bond donors (Lipinski definition) is 15. The minimum Gasteiger partial charge on any atom is -0.481 e. The van der Waals surface area contributed by atoms with Gasteiger partial charge in [-0.25, -0.2) is 0 Å². The predicted molar refractivity (Wildman–Crippen MR) is 724 cm³/mol. The lowest BCUT2D eigenvalue weighted by Gasteiger charge is -2.19. The van der Waals surface area contributed by atoms with Gasteiger partial charge in [0.2, 0.25) is 5.91 Å². The van der Waals surface area contributed by atoms with Crippen LogP contribution in [-0.4, -0.2) is 298 Å². The van der Waals surface area contributed by atoms with Gasteiger partial charge in [0.15, 0.2) is 0 Å². The summed E-state index contributed by atoms with van der Waals surface area (Å²) in [6.07, 6.45) is 52.8. The van der Waals surface area contributed by atoms with Crippen molar-refractivity contribution >= 4 is 344 Å². The zero-order valence-electron chi connectivity index (χ0n) is 90.5. The fraction of sp³-hybridized carbons (Fsp3) is 0.930. The van der Waals surface area contributed by atoms with E-state index in [1.807, 2.05) is 173 Å². The maximum absolute atomic E-state index is 11.2. The molecule has 21 N–H and O–H groups in total. The Balaban J connectivity index is 0.000000810. The summed E-state index contributed by atoms with van der Waals surface area (Å²) in [4.78, 5) is 72.6. The Morgan fingerprint density at radius 2 is 0.673 bits per heavy atom. The Kier molecular flexibility index (Phi) is 116. The molecular weight excluding hydrogens is 2430 g/mol. The molecule has 14 aliphatic rings. The molecule has 22 nitrogen and oxygen atoms in total. The van der Waals surface area contributed by atoms with Crippen LogP contribution in [0.5, 0.6) is 0 Å². The average molecular weight is 2630 g/mol. The fourth-order valence-electron chi connectivity index (χ4n) is 14.9. The van der Waals surface area contributed by atoms with Gasteiger partial charge in [0.1, 0.15) is 0 Å². The molecule has 14 fully saturated rings. The number of nitrogens with one attached hydrogen (secondary N) is 3. The number of hydrogen-bond acceptors (Lipinski definition) is 43. The van der Waals surface area contributed by atoms with E-state index < -0.39 is 35.8 Å². The first-order valence-electron chi connectivity index (χ1n) is 54.9. The van der Waals surface area contributed by atoms with Crippen LogP contribution in [0.3, 0.4) is 0 Å². The van der Waals surface area contributed by atoms with Crippen molar-refractivity contribution < 1.29 is 64.2 Å². The van der Waals surface area contributed by atoms with Gasteiger partial charge in [-0.05, 0) is 232 Å². The molecule has 0 aromatic heterocycles. The molecule has 0 aliphatic carbocycles. The van der Waals surface area contributed by atoms with Crippen LogP contribution in [0.25, 0.3) is 0 Å². The van der Waals surface area contributed by atoms with Gasteiger partial charge >= 0.3 is 35.8 Å². The third-order valence-corrected chi connectivity index (χ3v) is 65.3. The van der Waals surface area contributed by atoms with E-state index in [2.05, 4.69) is 108 Å². The second kappa shape index (κ2) is 113. The van der Waals surface area contributed by atoms with E-state index >= 15 is 0 Å². The summed E-state index contributed by atoms with van der Waals surface area (Å²) >= 11 is 0. The molecule has 0 radical (unpaired) electrons. The lowest BCUT2D eigenvalue weighted by Crippen LogP contribution is -2.28. The molecule has 16 atom stereocenters. The van der Waals surface area contributed by atoms with Gasteiger partial charge in [-0.1, -0.05) is 400 Å². The first-order chi connectivity index (χ1) is 72.7. The standard InChI is InChI=1S/C10H20N2OS2.3C9H19NS2.C9H16O2S2.2C8H17NS2.4C6H10O2S2.C5H11NS2.C5H8O2S2.C4H9NS2/c11-6-7-12-10(13)4-2-1-3-9-5-8-14-15-9;2*1-8(10)4-2-3-5-9-6-7-11-12-9;10-7-3-1-2-5-9-6-4-8-11-12-9;1-7-6-12-13-8(7)4-2-3-5-9(10)11;2*9-6-3-1-2-4-8-5-7-10-11-8;1-4-2-5(10-9-4)3-6(7)8;1-4(6(7)8)5-2-3-9-10-5;7-6(8)2-1-5-3-9-10-4-5;7-6(8)2-1-5-3-4-9-10-5;1-2-6-3-5-8-7-4-1;6-5(7)3-4-1-2-8-9-4;1-3-6-7-4-2-5-1/h9H,1-8,11H2,(H,12,13);2*8-9H,2-7,10H2,1H3;9H,1-8,10H2;7-8H,2-6H2,1H3,(H,10,11);2*8H,1-7,9H2;2*4-5H,2-3H2,1H3,(H,7,8);2*5H,1-4H2,(H,7,8);6H,1-5H2;4H,1-3H2,(H,6,7);5H,1-4H2/t;8?,9-;;;;8-;;;4-,5+;;;;;/m.1...1..1...../s1. The normalized spacial score (nSPS) is 25.1. The molecule has 150 heavy (non-hydrogen) atoms. The second-order valence-electron chi connectivity index (χ2n) is 38.2. The Labute approximate surface area is 1020 Å². The van der Waals surface area contributed by atoms with E-state index in [1.54, 1.807) is 71.7 Å². The molecule has 14 aliphatic heterocycles. The monoisotopic (exact) mass is 2630 g/mol. The largest absolute Gasteiger partial charge is 0.481 e. The molecule has 14 saturated heterocycles. The van der Waals surface area contributed by atoms with Crippen molar-refractivity contribution in [1.82, 2.24) is 16.0 Å². The van der Waals surface area contributed by atoms with Crippen LogP contribution < -0.4 is 50.4 Å². The lowest BCUT2D eigenvalue weighted by molar-refractivity contribution is -0.141. The van der Waals surface area contributed by atoms with E-state index in [9.17, 15) is 33.6 Å². The molecule has 50 heteroatoms. The highest BCUT2D eigenvalue weighted by molar-refractivity contribution is 8.81. The summed E-state index contributed by atoms with van der Waals surface area (Å²) in [6, 6.07) is 0.797. The SMILES string of the molecule is C1CNCCSSC1.C1CSSCCN1.CC(N)CCCCC1CCSS1.CC(N)CCCC[C@@H]1CCSS1.CC1CC(CC(=O)O)SS1.CC1CSSC1CCCCC(=O)O.C[C@@H](C(=O)O)[C@@H]1CCSS1.NCCCCCC1CCCSS1.NCCCCCC1CCSS1.NCCCCC[C@@H]1CCSS1.NCCNC(=O)CCCCC1CCSS1.O=C(O)CC1CCSS1.O=C(O)CCC1CCSS1.O=C(O)CCC1CSSC1. The number of rotatable bonds is 49. The van der Waals surface area contributed by atoms with Crippen LogP contribution in [0.2, 0.25) is 0 Å². The molecule has 0 saturated carbocycles. The molecule has 1 amide bonds. The van der Waals surface area contributed by atoms with Crippen molar-refractivity contribution in [3.63, 3.8) is 0 Å². The Hall–Kier alpha value is 5.77. The minimum atomic E-state index is -0.674. The smallest absolute Gasteiger partial charge is 0.307 e. The van der Waals surface area contributed by atoms with Crippen molar-refractivity contribution in [3.8, 4) is 0 Å². The number of aliphatic carboxylic acids is 6. The van der Waals surface area contributed by atoms with Gasteiger partial charge in [0, 0.05) is 226 Å². The molecule has 0 spiro atoms. The maximum Gasteiger partial charge on any atom is 0.307 e. The molecular formula is C100H195N9O13S28. The van der Waals surface area contributed by atoms with Gasteiger partial charge in [0.05, 0.1) is 18.8 Å². The van der Waals surface area contributed by atoms with E-state index in [4.69, 9.17) is 65.0 Å². The number of carbonyl (C=O) groups is 7. The molecule has 0 aromatic rings. The third-order valence-electron chi connectivity index (χ3n) is 23.9. The van der Waals surface area contributed by atoms with E-state index in [0.717, 1.165) is 137 Å². The number of carbonyl (C=O) groups excluding carboxylic acids is 1. The van der Waals surface area contributed by atoms with Gasteiger partial charge in [-0.15, -0.1) is 0 Å². The molecule has 0 aromatic carbocycles. The first kappa shape index (κ1) is 154. The van der Waals surface area contributed by atoms with Crippen LogP contribution in [-0.2, 0) is 33.6 Å². The zero-order chi connectivity index (χ0) is 110. The first-order valence-corrected chi connectivity index (χ1v) is 88.4. The number of carboxylic acid groups (broad SMARTS) is 6. The van der Waals surface area contributed by atoms with Gasteiger partial charge in [-0.2, -0.15) is 0 Å². The number of nitrogens with two attached hydrogens (primary N) is 6. The molecule has 14 rings (SSSR count). The zero-order valence-corrected chi connectivity index (χ0v) is 113. The van der Waals surface area contributed by atoms with Crippen molar-refractivity contribution in [1.29, 1.82) is 0 Å². The maximum atomic E-state index is 11.2. The Bertz CT molecular complexity index is 2960. The summed E-state index contributed by atoms with van der Waals surface area (Å²) < 4.78 is 0. The second-order valence-corrected chi connectivity index (χ2v) is 76.9. The average Bonchev–Trinajstić information content (AvgIpc) is 1.68. The lowest BCUT2D eigenvalue weighted by atomic mass is 10.0. The topological polar surface area (TPSA) is 433 Å². The molecule has 0 bridgehead atoms. The minimum absolute atomic E-state index is 0.147. The number of carboxylic acids is 6. The quantitative estimate of drug-likeness (QED) is 0.0199. The summed E-state index contributed by atoms with van der Waals surface area (Å²) in [5.74, 6) is 17.6. The van der Waals surface area contributed by atoms with Crippen LogP contribution >= 0.6 is 302 Å². The Morgan fingerprint density at radius 1 is 0.307 bits per heavy atom. The molecule has 14 heterocycles. The third kappa shape index (κ3) is 103. The van der Waals surface area contributed by atoms with Gasteiger partial charge in [0.25, 0.3) is 0 Å². The van der Waals surface area contributed by atoms with Crippen molar-refractivity contribution in [2.24, 2.45) is 52.2 Å². The predicted octanol–water partition coefficient (Wildman–Crippen LogP) is 30.9. The van der Waals surface area contributed by atoms with Crippen LogP contribution in [0.1, 0.15) is 330 Å². The number of amides is 1. The van der Waals surface area contributed by atoms with Crippen molar-refractivity contribution in [2.75, 3.05) is 151 Å². The summed E-state index contributed by atoms with van der Waals surface area (Å²) in [6.45, 7) is 18.9. The highest BCUT2D eigenvalue weighted by atomic mass is 33.1. The molecule has 12 unspecified atom stereocenters. The van der Waals surface area contributed by atoms with Crippen LogP contribution in [0, 0.1) is 17.8 Å². The highest BCUT2D eigenvalue weighted by Crippen LogP contribution is 2.49. The van der Waals surface area contributed by atoms with Crippen LogP contribution in [0.4, 0.5) is 0 Å². The van der Waals surface area contributed by atoms with Crippen LogP contribution in [0.15, 0.2) is 0 Å². The fourth-order valence-corrected chi connectivity index (χ4v) is 55.7. The van der Waals surface area contributed by atoms with Gasteiger partial charge < -0.3 is 81.0 Å². The Morgan fingerprint density at radius 3 is 1.04 bits per heavy atom.